The highest BCUT2D eigenvalue weighted by molar-refractivity contribution is 5.58. The first-order valence-corrected chi connectivity index (χ1v) is 7.34. The second-order valence-corrected chi connectivity index (χ2v) is 5.17. The Labute approximate surface area is 125 Å². The number of aliphatic hydroxyl groups excluding tert-OH is 1. The lowest BCUT2D eigenvalue weighted by Crippen LogP contribution is -2.08. The molecule has 0 amide bonds. The third kappa shape index (κ3) is 6.44. The SMILES string of the molecule is CC(C)Oc1cc(NCCCCCCO)ccc1[N+](=O)[O-]. The molecule has 1 aromatic carbocycles. The van der Waals surface area contributed by atoms with Crippen molar-refractivity contribution in [2.24, 2.45) is 0 Å². The van der Waals surface area contributed by atoms with E-state index in [9.17, 15) is 10.1 Å². The van der Waals surface area contributed by atoms with E-state index in [-0.39, 0.29) is 18.4 Å². The van der Waals surface area contributed by atoms with Crippen molar-refractivity contribution in [3.63, 3.8) is 0 Å². The number of anilines is 1. The van der Waals surface area contributed by atoms with Crippen molar-refractivity contribution in [1.29, 1.82) is 0 Å². The predicted molar refractivity (Wildman–Crippen MR) is 82.9 cm³/mol. The van der Waals surface area contributed by atoms with Gasteiger partial charge in [0.1, 0.15) is 0 Å². The molecule has 21 heavy (non-hydrogen) atoms. The van der Waals surface area contributed by atoms with Crippen LogP contribution in [0.5, 0.6) is 5.75 Å². The van der Waals surface area contributed by atoms with E-state index in [1.54, 1.807) is 12.1 Å². The molecule has 0 unspecified atom stereocenters. The van der Waals surface area contributed by atoms with Gasteiger partial charge in [-0.2, -0.15) is 0 Å². The van der Waals surface area contributed by atoms with Crippen LogP contribution in [0.4, 0.5) is 11.4 Å². The Kier molecular flexibility index (Phi) is 7.53. The molecule has 0 aromatic heterocycles. The number of hydrogen-bond acceptors (Lipinski definition) is 5. The standard InChI is InChI=1S/C15H24N2O4/c1-12(2)21-15-11-13(7-8-14(15)17(19)20)16-9-5-3-4-6-10-18/h7-8,11-12,16,18H,3-6,9-10H2,1-2H3. The Morgan fingerprint density at radius 3 is 2.62 bits per heavy atom. The summed E-state index contributed by atoms with van der Waals surface area (Å²) in [5.74, 6) is 0.292. The van der Waals surface area contributed by atoms with Crippen molar-refractivity contribution in [2.75, 3.05) is 18.5 Å². The molecule has 1 rings (SSSR count). The van der Waals surface area contributed by atoms with Gasteiger partial charge >= 0.3 is 5.69 Å². The van der Waals surface area contributed by atoms with Gasteiger partial charge in [0.05, 0.1) is 11.0 Å². The lowest BCUT2D eigenvalue weighted by atomic mass is 10.2. The maximum atomic E-state index is 11.0. The normalized spacial score (nSPS) is 10.7. The first kappa shape index (κ1) is 17.2. The van der Waals surface area contributed by atoms with Gasteiger partial charge in [0, 0.05) is 31.0 Å². The number of ether oxygens (including phenoxy) is 1. The number of aliphatic hydroxyl groups is 1. The van der Waals surface area contributed by atoms with Crippen LogP contribution in [0.25, 0.3) is 0 Å². The average Bonchev–Trinajstić information content (AvgIpc) is 2.42. The molecule has 0 saturated heterocycles. The minimum Gasteiger partial charge on any atom is -0.484 e. The summed E-state index contributed by atoms with van der Waals surface area (Å²) in [5, 5.41) is 22.9. The number of rotatable bonds is 10. The molecule has 6 nitrogen and oxygen atoms in total. The van der Waals surface area contributed by atoms with E-state index in [2.05, 4.69) is 5.32 Å². The fourth-order valence-corrected chi connectivity index (χ4v) is 1.95. The van der Waals surface area contributed by atoms with Crippen LogP contribution < -0.4 is 10.1 Å². The Bertz CT molecular complexity index is 449. The molecule has 0 aliphatic carbocycles. The highest BCUT2D eigenvalue weighted by Crippen LogP contribution is 2.30. The number of nitro groups is 1. The van der Waals surface area contributed by atoms with Crippen LogP contribution in [0.1, 0.15) is 39.5 Å². The lowest BCUT2D eigenvalue weighted by molar-refractivity contribution is -0.386. The maximum absolute atomic E-state index is 11.0. The molecule has 0 bridgehead atoms. The van der Waals surface area contributed by atoms with Gasteiger partial charge in [-0.15, -0.1) is 0 Å². The summed E-state index contributed by atoms with van der Waals surface area (Å²) in [6, 6.07) is 4.83. The smallest absolute Gasteiger partial charge is 0.311 e. The molecule has 2 N–H and O–H groups in total. The maximum Gasteiger partial charge on any atom is 0.311 e. The van der Waals surface area contributed by atoms with Gasteiger partial charge in [-0.1, -0.05) is 12.8 Å². The first-order chi connectivity index (χ1) is 10.0. The van der Waals surface area contributed by atoms with Crippen molar-refractivity contribution in [2.45, 2.75) is 45.6 Å². The van der Waals surface area contributed by atoms with Crippen LogP contribution in [-0.4, -0.2) is 29.3 Å². The molecule has 0 aliphatic rings. The second kappa shape index (κ2) is 9.18. The van der Waals surface area contributed by atoms with E-state index < -0.39 is 4.92 Å². The number of unbranched alkanes of at least 4 members (excludes halogenated alkanes) is 3. The van der Waals surface area contributed by atoms with E-state index in [0.29, 0.717) is 5.75 Å². The fraction of sp³-hybridized carbons (Fsp3) is 0.600. The number of hydrogen-bond donors (Lipinski definition) is 2. The van der Waals surface area contributed by atoms with E-state index in [1.165, 1.54) is 6.07 Å². The van der Waals surface area contributed by atoms with Crippen LogP contribution >= 0.6 is 0 Å². The van der Waals surface area contributed by atoms with Crippen LogP contribution in [0, 0.1) is 10.1 Å². The van der Waals surface area contributed by atoms with Crippen molar-refractivity contribution in [3.8, 4) is 5.75 Å². The zero-order valence-corrected chi connectivity index (χ0v) is 12.7. The summed E-state index contributed by atoms with van der Waals surface area (Å²) >= 11 is 0. The molecule has 0 heterocycles. The minimum atomic E-state index is -0.434. The molecule has 0 fully saturated rings. The van der Waals surface area contributed by atoms with Gasteiger partial charge in [0.2, 0.25) is 0 Å². The van der Waals surface area contributed by atoms with Gasteiger partial charge in [0.15, 0.2) is 5.75 Å². The highest BCUT2D eigenvalue weighted by Gasteiger charge is 2.16. The Morgan fingerprint density at radius 1 is 1.29 bits per heavy atom. The number of benzene rings is 1. The molecule has 118 valence electrons. The number of nitrogens with one attached hydrogen (secondary N) is 1. The summed E-state index contributed by atoms with van der Waals surface area (Å²) in [5.41, 5.74) is 0.801. The molecular weight excluding hydrogens is 272 g/mol. The van der Waals surface area contributed by atoms with Gasteiger partial charge < -0.3 is 15.2 Å². The zero-order valence-electron chi connectivity index (χ0n) is 12.7. The molecule has 6 heteroatoms. The lowest BCUT2D eigenvalue weighted by Gasteiger charge is -2.12. The molecule has 0 spiro atoms. The van der Waals surface area contributed by atoms with Crippen LogP contribution in [-0.2, 0) is 0 Å². The fourth-order valence-electron chi connectivity index (χ4n) is 1.95. The summed E-state index contributed by atoms with van der Waals surface area (Å²) in [7, 11) is 0. The number of nitro benzene ring substituents is 1. The van der Waals surface area contributed by atoms with Gasteiger partial charge in [0.25, 0.3) is 0 Å². The Morgan fingerprint density at radius 2 is 2.00 bits per heavy atom. The highest BCUT2D eigenvalue weighted by atomic mass is 16.6. The van der Waals surface area contributed by atoms with E-state index in [4.69, 9.17) is 9.84 Å². The van der Waals surface area contributed by atoms with Gasteiger partial charge in [-0.3, -0.25) is 10.1 Å². The monoisotopic (exact) mass is 296 g/mol. The topological polar surface area (TPSA) is 84.6 Å². The predicted octanol–water partition coefficient (Wildman–Crippen LogP) is 3.35. The van der Waals surface area contributed by atoms with E-state index in [1.807, 2.05) is 13.8 Å². The minimum absolute atomic E-state index is 0.0165. The second-order valence-electron chi connectivity index (χ2n) is 5.17. The van der Waals surface area contributed by atoms with E-state index >= 15 is 0 Å². The van der Waals surface area contributed by atoms with Crippen LogP contribution in [0.3, 0.4) is 0 Å². The molecule has 0 saturated carbocycles. The van der Waals surface area contributed by atoms with Crippen molar-refractivity contribution < 1.29 is 14.8 Å². The molecule has 1 aromatic rings. The van der Waals surface area contributed by atoms with Crippen molar-refractivity contribution in [3.05, 3.63) is 28.3 Å². The molecule has 0 atom stereocenters. The van der Waals surface area contributed by atoms with Crippen molar-refractivity contribution >= 4 is 11.4 Å². The van der Waals surface area contributed by atoms with E-state index in [0.717, 1.165) is 37.9 Å². The molecule has 0 radical (unpaired) electrons. The average molecular weight is 296 g/mol. The Hall–Kier alpha value is -1.82. The van der Waals surface area contributed by atoms with Crippen molar-refractivity contribution in [1.82, 2.24) is 0 Å². The molecule has 0 aliphatic heterocycles. The quantitative estimate of drug-likeness (QED) is 0.393. The van der Waals surface area contributed by atoms with Crippen LogP contribution in [0.15, 0.2) is 18.2 Å². The van der Waals surface area contributed by atoms with Gasteiger partial charge in [-0.05, 0) is 32.8 Å². The largest absolute Gasteiger partial charge is 0.484 e. The third-order valence-electron chi connectivity index (χ3n) is 2.93. The third-order valence-corrected chi connectivity index (χ3v) is 2.93. The molecular formula is C15H24N2O4. The Balaban J connectivity index is 2.57. The summed E-state index contributed by atoms with van der Waals surface area (Å²) in [6.07, 6.45) is 3.79. The van der Waals surface area contributed by atoms with Crippen LogP contribution in [0.2, 0.25) is 0 Å². The zero-order chi connectivity index (χ0) is 15.7. The summed E-state index contributed by atoms with van der Waals surface area (Å²) in [4.78, 5) is 10.5. The van der Waals surface area contributed by atoms with Gasteiger partial charge in [-0.25, -0.2) is 0 Å². The summed E-state index contributed by atoms with van der Waals surface area (Å²) in [6.45, 7) is 4.71. The first-order valence-electron chi connectivity index (χ1n) is 7.34. The number of nitrogens with zero attached hydrogens (tertiary/aromatic N) is 1. The summed E-state index contributed by atoms with van der Waals surface area (Å²) < 4.78 is 5.50.